The first-order chi connectivity index (χ1) is 8.20. The molecule has 0 saturated heterocycles. The van der Waals surface area contributed by atoms with E-state index in [0.29, 0.717) is 18.0 Å². The lowest BCUT2D eigenvalue weighted by atomic mass is 10.1. The smallest absolute Gasteiger partial charge is 0.342 e. The second-order valence-corrected chi connectivity index (χ2v) is 3.77. The highest BCUT2D eigenvalue weighted by Crippen LogP contribution is 2.26. The van der Waals surface area contributed by atoms with Gasteiger partial charge in [-0.2, -0.15) is 0 Å². The summed E-state index contributed by atoms with van der Waals surface area (Å²) >= 11 is 0. The zero-order chi connectivity index (χ0) is 12.4. The molecule has 0 atom stereocenters. The van der Waals surface area contributed by atoms with Gasteiger partial charge >= 0.3 is 5.97 Å². The van der Waals surface area contributed by atoms with Gasteiger partial charge in [0, 0.05) is 6.20 Å². The van der Waals surface area contributed by atoms with Crippen molar-refractivity contribution < 1.29 is 9.53 Å². The number of nitrogens with two attached hydrogens (primary N) is 1. The molecule has 2 N–H and O–H groups in total. The molecule has 0 radical (unpaired) electrons. The van der Waals surface area contributed by atoms with Crippen LogP contribution in [0.2, 0.25) is 0 Å². The van der Waals surface area contributed by atoms with Crippen molar-refractivity contribution in [2.45, 2.75) is 20.3 Å². The van der Waals surface area contributed by atoms with Crippen molar-refractivity contribution in [3.05, 3.63) is 35.5 Å². The van der Waals surface area contributed by atoms with Gasteiger partial charge in [-0.25, -0.2) is 4.79 Å². The lowest BCUT2D eigenvalue weighted by molar-refractivity contribution is 0.0526. The molecule has 90 valence electrons. The Kier molecular flexibility index (Phi) is 3.04. The number of esters is 1. The third-order valence-electron chi connectivity index (χ3n) is 2.82. The molecular formula is C13H16N2O2. The summed E-state index contributed by atoms with van der Waals surface area (Å²) in [5.41, 5.74) is 8.42. The molecular weight excluding hydrogens is 216 g/mol. The molecule has 17 heavy (non-hydrogen) atoms. The van der Waals surface area contributed by atoms with Crippen LogP contribution in [-0.2, 0) is 11.2 Å². The van der Waals surface area contributed by atoms with Crippen LogP contribution in [0.5, 0.6) is 0 Å². The number of rotatable bonds is 3. The Labute approximate surface area is 100.0 Å². The van der Waals surface area contributed by atoms with Crippen molar-refractivity contribution in [3.63, 3.8) is 0 Å². The van der Waals surface area contributed by atoms with Crippen molar-refractivity contribution in [2.24, 2.45) is 0 Å². The van der Waals surface area contributed by atoms with Crippen molar-refractivity contribution >= 4 is 17.3 Å². The number of ether oxygens (including phenoxy) is 1. The normalized spacial score (nSPS) is 10.7. The van der Waals surface area contributed by atoms with Crippen LogP contribution < -0.4 is 5.73 Å². The molecule has 4 heteroatoms. The molecule has 0 amide bonds. The molecule has 2 rings (SSSR count). The summed E-state index contributed by atoms with van der Waals surface area (Å²) < 4.78 is 6.87. The minimum Gasteiger partial charge on any atom is -0.462 e. The van der Waals surface area contributed by atoms with Crippen LogP contribution in [0.1, 0.15) is 29.8 Å². The minimum absolute atomic E-state index is 0.342. The fourth-order valence-corrected chi connectivity index (χ4v) is 2.09. The van der Waals surface area contributed by atoms with Crippen LogP contribution in [0.4, 0.5) is 5.82 Å². The first-order valence-corrected chi connectivity index (χ1v) is 5.75. The van der Waals surface area contributed by atoms with Crippen LogP contribution in [-0.4, -0.2) is 17.0 Å². The van der Waals surface area contributed by atoms with Crippen LogP contribution >= 0.6 is 0 Å². The summed E-state index contributed by atoms with van der Waals surface area (Å²) in [6, 6.07) is 5.78. The van der Waals surface area contributed by atoms with E-state index in [1.807, 2.05) is 35.7 Å². The Bertz CT molecular complexity index is 558. The fraction of sp³-hybridized carbons (Fsp3) is 0.308. The van der Waals surface area contributed by atoms with E-state index in [2.05, 4.69) is 0 Å². The van der Waals surface area contributed by atoms with E-state index in [-0.39, 0.29) is 5.97 Å². The number of nitrogen functional groups attached to an aromatic ring is 1. The van der Waals surface area contributed by atoms with Gasteiger partial charge in [0.05, 0.1) is 12.1 Å². The Balaban J connectivity index is 2.69. The van der Waals surface area contributed by atoms with Crippen LogP contribution in [0.3, 0.4) is 0 Å². The summed E-state index contributed by atoms with van der Waals surface area (Å²) in [4.78, 5) is 11.9. The zero-order valence-electron chi connectivity index (χ0n) is 10.1. The number of fused-ring (bicyclic) bond motifs is 1. The first-order valence-electron chi connectivity index (χ1n) is 5.75. The van der Waals surface area contributed by atoms with E-state index in [0.717, 1.165) is 17.5 Å². The number of nitrogens with zero attached hydrogens (tertiary/aromatic N) is 1. The van der Waals surface area contributed by atoms with Gasteiger partial charge in [-0.1, -0.05) is 13.0 Å². The van der Waals surface area contributed by atoms with E-state index in [9.17, 15) is 4.79 Å². The van der Waals surface area contributed by atoms with Gasteiger partial charge in [0.1, 0.15) is 11.4 Å². The molecule has 0 aromatic carbocycles. The van der Waals surface area contributed by atoms with Crippen molar-refractivity contribution in [2.75, 3.05) is 12.3 Å². The van der Waals surface area contributed by atoms with E-state index in [4.69, 9.17) is 10.5 Å². The molecule has 0 aliphatic carbocycles. The number of carbonyl (C=O) groups is 1. The lowest BCUT2D eigenvalue weighted by Crippen LogP contribution is -2.09. The Morgan fingerprint density at radius 1 is 1.41 bits per heavy atom. The predicted molar refractivity (Wildman–Crippen MR) is 67.1 cm³/mol. The Morgan fingerprint density at radius 2 is 2.18 bits per heavy atom. The van der Waals surface area contributed by atoms with Gasteiger partial charge in [-0.3, -0.25) is 0 Å². The van der Waals surface area contributed by atoms with Gasteiger partial charge < -0.3 is 14.9 Å². The molecule has 0 bridgehead atoms. The molecule has 2 aromatic rings. The maximum absolute atomic E-state index is 11.9. The predicted octanol–water partition coefficient (Wildman–Crippen LogP) is 2.26. The third-order valence-corrected chi connectivity index (χ3v) is 2.82. The first kappa shape index (κ1) is 11.5. The number of hydrogen-bond donors (Lipinski definition) is 1. The van der Waals surface area contributed by atoms with Gasteiger partial charge in [0.2, 0.25) is 0 Å². The highest BCUT2D eigenvalue weighted by Gasteiger charge is 2.21. The Hall–Kier alpha value is -1.97. The molecule has 0 aliphatic heterocycles. The summed E-state index contributed by atoms with van der Waals surface area (Å²) in [5.74, 6) is 0.112. The van der Waals surface area contributed by atoms with E-state index < -0.39 is 0 Å². The van der Waals surface area contributed by atoms with Gasteiger partial charge in [0.15, 0.2) is 0 Å². The van der Waals surface area contributed by atoms with Crippen LogP contribution in [0, 0.1) is 0 Å². The van der Waals surface area contributed by atoms with E-state index in [1.54, 1.807) is 6.92 Å². The average Bonchev–Trinajstić information content (AvgIpc) is 2.63. The van der Waals surface area contributed by atoms with Crippen molar-refractivity contribution in [3.8, 4) is 0 Å². The molecule has 0 saturated carbocycles. The van der Waals surface area contributed by atoms with Crippen molar-refractivity contribution in [1.29, 1.82) is 0 Å². The molecule has 2 aromatic heterocycles. The fourth-order valence-electron chi connectivity index (χ4n) is 2.09. The highest BCUT2D eigenvalue weighted by atomic mass is 16.5. The van der Waals surface area contributed by atoms with Gasteiger partial charge in [-0.05, 0) is 31.0 Å². The number of hydrogen-bond acceptors (Lipinski definition) is 3. The molecule has 0 spiro atoms. The molecule has 0 unspecified atom stereocenters. The summed E-state index contributed by atoms with van der Waals surface area (Å²) in [6.07, 6.45) is 2.60. The van der Waals surface area contributed by atoms with Gasteiger partial charge in [-0.15, -0.1) is 0 Å². The second-order valence-electron chi connectivity index (χ2n) is 3.77. The van der Waals surface area contributed by atoms with Crippen LogP contribution in [0.25, 0.3) is 5.52 Å². The summed E-state index contributed by atoms with van der Waals surface area (Å²) in [7, 11) is 0. The lowest BCUT2D eigenvalue weighted by Gasteiger charge is -2.02. The monoisotopic (exact) mass is 232 g/mol. The quantitative estimate of drug-likeness (QED) is 0.826. The summed E-state index contributed by atoms with van der Waals surface area (Å²) in [5, 5.41) is 0. The molecule has 0 aliphatic rings. The highest BCUT2D eigenvalue weighted by molar-refractivity contribution is 5.99. The number of anilines is 1. The van der Waals surface area contributed by atoms with E-state index >= 15 is 0 Å². The maximum Gasteiger partial charge on any atom is 0.342 e. The molecule has 2 heterocycles. The third kappa shape index (κ3) is 1.75. The largest absolute Gasteiger partial charge is 0.462 e. The minimum atomic E-state index is -0.342. The number of pyridine rings is 1. The van der Waals surface area contributed by atoms with E-state index in [1.165, 1.54) is 0 Å². The number of aryl methyl sites for hydroxylation is 1. The SMILES string of the molecule is CCOC(=O)c1c(CC)c2ccccn2c1N. The number of carbonyl (C=O) groups excluding carboxylic acids is 1. The van der Waals surface area contributed by atoms with Crippen LogP contribution in [0.15, 0.2) is 24.4 Å². The molecule has 0 fully saturated rings. The van der Waals surface area contributed by atoms with Crippen molar-refractivity contribution in [1.82, 2.24) is 4.40 Å². The second kappa shape index (κ2) is 4.49. The Morgan fingerprint density at radius 3 is 2.82 bits per heavy atom. The number of aromatic nitrogens is 1. The zero-order valence-corrected chi connectivity index (χ0v) is 10.1. The topological polar surface area (TPSA) is 56.7 Å². The van der Waals surface area contributed by atoms with Gasteiger partial charge in [0.25, 0.3) is 0 Å². The maximum atomic E-state index is 11.9. The summed E-state index contributed by atoms with van der Waals surface area (Å²) in [6.45, 7) is 4.15. The average molecular weight is 232 g/mol. The standard InChI is InChI=1S/C13H16N2O2/c1-3-9-10-7-5-6-8-15(10)12(14)11(9)13(16)17-4-2/h5-8H,3-4,14H2,1-2H3. The molecule has 4 nitrogen and oxygen atoms in total.